The van der Waals surface area contributed by atoms with Crippen LogP contribution in [0.15, 0.2) is 35.7 Å². The van der Waals surface area contributed by atoms with E-state index in [0.717, 1.165) is 31.4 Å². The van der Waals surface area contributed by atoms with Gasteiger partial charge in [0.1, 0.15) is 6.04 Å². The highest BCUT2D eigenvalue weighted by molar-refractivity contribution is 7.12. The van der Waals surface area contributed by atoms with Crippen molar-refractivity contribution in [1.82, 2.24) is 4.90 Å². The lowest BCUT2D eigenvalue weighted by Gasteiger charge is -2.23. The maximum Gasteiger partial charge on any atom is 0.264 e. The first-order chi connectivity index (χ1) is 11.7. The largest absolute Gasteiger partial charge is 0.326 e. The number of benzene rings is 1. The van der Waals surface area contributed by atoms with Crippen LogP contribution in [-0.2, 0) is 17.6 Å². The normalized spacial score (nSPS) is 19.3. The highest BCUT2D eigenvalue weighted by Crippen LogP contribution is 2.27. The maximum atomic E-state index is 12.7. The molecule has 1 aromatic carbocycles. The fourth-order valence-electron chi connectivity index (χ4n) is 3.70. The molecule has 0 spiro atoms. The number of nitrogens with zero attached hydrogens (tertiary/aromatic N) is 1. The Hall–Kier alpha value is -2.14. The van der Waals surface area contributed by atoms with E-state index in [1.54, 1.807) is 4.90 Å². The van der Waals surface area contributed by atoms with Gasteiger partial charge in [0.05, 0.1) is 4.88 Å². The number of thiophene rings is 1. The Kier molecular flexibility index (Phi) is 4.10. The topological polar surface area (TPSA) is 49.4 Å². The molecule has 1 atom stereocenters. The average Bonchev–Trinajstić information content (AvgIpc) is 3.33. The Bertz CT molecular complexity index is 770. The maximum absolute atomic E-state index is 12.7. The molecule has 2 heterocycles. The number of nitrogens with one attached hydrogen (secondary N) is 1. The lowest BCUT2D eigenvalue weighted by atomic mass is 10.1. The van der Waals surface area contributed by atoms with E-state index in [1.807, 2.05) is 23.6 Å². The lowest BCUT2D eigenvalue weighted by molar-refractivity contribution is -0.119. The third kappa shape index (κ3) is 2.84. The summed E-state index contributed by atoms with van der Waals surface area (Å²) >= 11 is 1.43. The van der Waals surface area contributed by atoms with Gasteiger partial charge in [0, 0.05) is 12.2 Å². The molecule has 24 heavy (non-hydrogen) atoms. The monoisotopic (exact) mass is 340 g/mol. The van der Waals surface area contributed by atoms with E-state index in [-0.39, 0.29) is 17.9 Å². The van der Waals surface area contributed by atoms with E-state index >= 15 is 0 Å². The number of fused-ring (bicyclic) bond motifs is 1. The molecule has 1 aliphatic heterocycles. The summed E-state index contributed by atoms with van der Waals surface area (Å²) in [5.74, 6) is -0.105. The minimum absolute atomic E-state index is 0.0309. The van der Waals surface area contributed by atoms with Crippen LogP contribution in [0.3, 0.4) is 0 Å². The first-order valence-electron chi connectivity index (χ1n) is 8.49. The summed E-state index contributed by atoms with van der Waals surface area (Å²) in [5, 5.41) is 4.91. The van der Waals surface area contributed by atoms with E-state index in [4.69, 9.17) is 0 Å². The second-order valence-electron chi connectivity index (χ2n) is 6.46. The van der Waals surface area contributed by atoms with E-state index in [0.29, 0.717) is 11.4 Å². The minimum atomic E-state index is -0.368. The Morgan fingerprint density at radius 2 is 2.00 bits per heavy atom. The van der Waals surface area contributed by atoms with Crippen LogP contribution in [0.25, 0.3) is 0 Å². The van der Waals surface area contributed by atoms with Gasteiger partial charge in [-0.25, -0.2) is 0 Å². The third-order valence-corrected chi connectivity index (χ3v) is 5.77. The van der Waals surface area contributed by atoms with Gasteiger partial charge in [-0.15, -0.1) is 11.3 Å². The van der Waals surface area contributed by atoms with Crippen LogP contribution in [0.1, 0.15) is 40.1 Å². The smallest absolute Gasteiger partial charge is 0.264 e. The second kappa shape index (κ2) is 6.40. The summed E-state index contributed by atoms with van der Waals surface area (Å²) in [7, 11) is 0. The molecular formula is C19H20N2O2S. The molecule has 124 valence electrons. The Morgan fingerprint density at radius 1 is 1.12 bits per heavy atom. The summed E-state index contributed by atoms with van der Waals surface area (Å²) in [6, 6.07) is 9.49. The molecule has 0 bridgehead atoms. The van der Waals surface area contributed by atoms with Crippen molar-refractivity contribution in [2.75, 3.05) is 11.9 Å². The molecule has 0 saturated carbocycles. The van der Waals surface area contributed by atoms with Crippen molar-refractivity contribution < 1.29 is 9.59 Å². The van der Waals surface area contributed by atoms with Crippen molar-refractivity contribution in [2.24, 2.45) is 0 Å². The van der Waals surface area contributed by atoms with E-state index in [2.05, 4.69) is 17.4 Å². The fraction of sp³-hybridized carbons (Fsp3) is 0.368. The van der Waals surface area contributed by atoms with Gasteiger partial charge in [-0.1, -0.05) is 12.1 Å². The quantitative estimate of drug-likeness (QED) is 0.930. The van der Waals surface area contributed by atoms with Gasteiger partial charge in [0.15, 0.2) is 0 Å². The van der Waals surface area contributed by atoms with Crippen molar-refractivity contribution in [3.8, 4) is 0 Å². The third-order valence-electron chi connectivity index (χ3n) is 4.91. The summed E-state index contributed by atoms with van der Waals surface area (Å²) in [4.78, 5) is 27.7. The van der Waals surface area contributed by atoms with Gasteiger partial charge in [-0.05, 0) is 66.8 Å². The zero-order chi connectivity index (χ0) is 16.5. The zero-order valence-electron chi connectivity index (χ0n) is 13.5. The van der Waals surface area contributed by atoms with Gasteiger partial charge in [-0.3, -0.25) is 9.59 Å². The summed E-state index contributed by atoms with van der Waals surface area (Å²) in [6.45, 7) is 0.652. The van der Waals surface area contributed by atoms with E-state index in [1.165, 1.54) is 28.9 Å². The number of amides is 2. The summed E-state index contributed by atoms with van der Waals surface area (Å²) < 4.78 is 0. The number of anilines is 1. The van der Waals surface area contributed by atoms with Crippen LogP contribution in [0.4, 0.5) is 5.69 Å². The molecule has 1 fully saturated rings. The fourth-order valence-corrected chi connectivity index (χ4v) is 4.38. The van der Waals surface area contributed by atoms with Gasteiger partial charge in [0.25, 0.3) is 5.91 Å². The summed E-state index contributed by atoms with van der Waals surface area (Å²) in [5.41, 5.74) is 3.57. The first kappa shape index (κ1) is 15.4. The molecule has 2 aliphatic rings. The van der Waals surface area contributed by atoms with E-state index < -0.39 is 0 Å². The highest BCUT2D eigenvalue weighted by Gasteiger charge is 2.35. The summed E-state index contributed by atoms with van der Waals surface area (Å²) in [6.07, 6.45) is 5.02. The number of carbonyl (C=O) groups excluding carboxylic acids is 2. The van der Waals surface area contributed by atoms with Crippen molar-refractivity contribution in [1.29, 1.82) is 0 Å². The van der Waals surface area contributed by atoms with Gasteiger partial charge in [-0.2, -0.15) is 0 Å². The van der Waals surface area contributed by atoms with Gasteiger partial charge >= 0.3 is 0 Å². The molecule has 1 saturated heterocycles. The number of hydrogen-bond acceptors (Lipinski definition) is 3. The molecule has 1 N–H and O–H groups in total. The zero-order valence-corrected chi connectivity index (χ0v) is 14.3. The predicted octanol–water partition coefficient (Wildman–Crippen LogP) is 3.48. The molecule has 4 rings (SSSR count). The molecule has 2 amide bonds. The first-order valence-corrected chi connectivity index (χ1v) is 9.37. The number of carbonyl (C=O) groups is 2. The number of hydrogen-bond donors (Lipinski definition) is 1. The number of aryl methyl sites for hydroxylation is 2. The molecular weight excluding hydrogens is 320 g/mol. The molecule has 4 nitrogen and oxygen atoms in total. The Morgan fingerprint density at radius 3 is 2.83 bits per heavy atom. The number of likely N-dealkylation sites (tertiary alicyclic amines) is 1. The molecule has 2 aromatic rings. The molecule has 1 aliphatic carbocycles. The van der Waals surface area contributed by atoms with Crippen LogP contribution >= 0.6 is 11.3 Å². The van der Waals surface area contributed by atoms with Crippen molar-refractivity contribution in [2.45, 2.75) is 38.1 Å². The Balaban J connectivity index is 1.48. The minimum Gasteiger partial charge on any atom is -0.326 e. The van der Waals surface area contributed by atoms with Crippen molar-refractivity contribution in [3.05, 3.63) is 51.7 Å². The van der Waals surface area contributed by atoms with Crippen LogP contribution in [0, 0.1) is 0 Å². The van der Waals surface area contributed by atoms with Gasteiger partial charge in [0.2, 0.25) is 5.91 Å². The number of rotatable bonds is 3. The lowest BCUT2D eigenvalue weighted by Crippen LogP contribution is -2.42. The van der Waals surface area contributed by atoms with Crippen molar-refractivity contribution >= 4 is 28.8 Å². The van der Waals surface area contributed by atoms with Crippen molar-refractivity contribution in [3.63, 3.8) is 0 Å². The average molecular weight is 340 g/mol. The predicted molar refractivity (Wildman–Crippen MR) is 95.5 cm³/mol. The standard InChI is InChI=1S/C19H20N2O2S/c22-18(20-15-9-8-13-4-1-5-14(13)12-15)16-6-2-10-21(16)19(23)17-7-3-11-24-17/h3,7-9,11-12,16H,1-2,4-6,10H2,(H,20,22)/t16-/m1/s1. The molecule has 0 unspecified atom stereocenters. The van der Waals surface area contributed by atoms with Crippen LogP contribution in [0.5, 0.6) is 0 Å². The van der Waals surface area contributed by atoms with Crippen LogP contribution in [0.2, 0.25) is 0 Å². The highest BCUT2D eigenvalue weighted by atomic mass is 32.1. The second-order valence-corrected chi connectivity index (χ2v) is 7.41. The Labute approximate surface area is 145 Å². The van der Waals surface area contributed by atoms with Crippen LogP contribution in [-0.4, -0.2) is 29.3 Å². The molecule has 0 radical (unpaired) electrons. The SMILES string of the molecule is O=C(Nc1ccc2c(c1)CCC2)[C@H]1CCCN1C(=O)c1cccs1. The molecule has 5 heteroatoms. The molecule has 1 aromatic heterocycles. The van der Waals surface area contributed by atoms with E-state index in [9.17, 15) is 9.59 Å². The van der Waals surface area contributed by atoms with Crippen LogP contribution < -0.4 is 5.32 Å². The van der Waals surface area contributed by atoms with Gasteiger partial charge < -0.3 is 10.2 Å².